The fraction of sp³-hybridized carbons (Fsp3) is 0.389. The highest BCUT2D eigenvalue weighted by Gasteiger charge is 2.33. The van der Waals surface area contributed by atoms with Crippen LogP contribution in [-0.4, -0.2) is 45.4 Å². The maximum atomic E-state index is 12.8. The molecule has 1 saturated heterocycles. The molecule has 1 atom stereocenters. The van der Waals surface area contributed by atoms with E-state index in [1.807, 2.05) is 23.1 Å². The summed E-state index contributed by atoms with van der Waals surface area (Å²) < 4.78 is 0. The first-order valence-corrected chi connectivity index (χ1v) is 9.25. The summed E-state index contributed by atoms with van der Waals surface area (Å²) in [6.07, 6.45) is 4.43. The molecule has 5 nitrogen and oxygen atoms in total. The predicted octanol–water partition coefficient (Wildman–Crippen LogP) is 2.60. The van der Waals surface area contributed by atoms with Gasteiger partial charge in [-0.05, 0) is 43.0 Å². The molecule has 0 bridgehead atoms. The molecule has 0 spiro atoms. The third-order valence-electron chi connectivity index (χ3n) is 4.65. The van der Waals surface area contributed by atoms with E-state index in [1.54, 1.807) is 18.0 Å². The molecule has 1 amide bonds. The van der Waals surface area contributed by atoms with Crippen LogP contribution in [0.15, 0.2) is 47.5 Å². The third kappa shape index (κ3) is 3.24. The van der Waals surface area contributed by atoms with Crippen LogP contribution in [0.5, 0.6) is 0 Å². The van der Waals surface area contributed by atoms with Crippen molar-refractivity contribution in [3.63, 3.8) is 0 Å². The number of thioether (sulfide) groups is 1. The zero-order valence-corrected chi connectivity index (χ0v) is 14.2. The highest BCUT2D eigenvalue weighted by molar-refractivity contribution is 8.01. The first kappa shape index (κ1) is 15.4. The number of benzene rings is 1. The lowest BCUT2D eigenvalue weighted by molar-refractivity contribution is -0.131. The van der Waals surface area contributed by atoms with Crippen molar-refractivity contribution in [1.29, 1.82) is 0 Å². The molecular weight excluding hydrogens is 320 g/mol. The van der Waals surface area contributed by atoms with Crippen LogP contribution in [0.25, 0.3) is 0 Å². The molecule has 6 heteroatoms. The van der Waals surface area contributed by atoms with Gasteiger partial charge in [-0.1, -0.05) is 18.2 Å². The molecule has 1 aromatic carbocycles. The van der Waals surface area contributed by atoms with Gasteiger partial charge in [-0.3, -0.25) is 4.79 Å². The van der Waals surface area contributed by atoms with Gasteiger partial charge in [0.25, 0.3) is 0 Å². The van der Waals surface area contributed by atoms with Gasteiger partial charge >= 0.3 is 0 Å². The Morgan fingerprint density at radius 1 is 1.17 bits per heavy atom. The molecule has 124 valence electrons. The fourth-order valence-electron chi connectivity index (χ4n) is 3.36. The minimum absolute atomic E-state index is 0.0481. The van der Waals surface area contributed by atoms with Crippen molar-refractivity contribution < 1.29 is 4.79 Å². The molecule has 3 heterocycles. The Hall–Kier alpha value is -2.08. The number of hydrogen-bond acceptors (Lipinski definition) is 5. The summed E-state index contributed by atoms with van der Waals surface area (Å²) in [5.74, 6) is 1.10. The molecule has 1 aromatic heterocycles. The number of fused-ring (bicyclic) bond motifs is 1. The van der Waals surface area contributed by atoms with E-state index in [0.29, 0.717) is 6.04 Å². The van der Waals surface area contributed by atoms with Gasteiger partial charge in [0.2, 0.25) is 5.91 Å². The van der Waals surface area contributed by atoms with Gasteiger partial charge in [-0.2, -0.15) is 5.10 Å². The van der Waals surface area contributed by atoms with Gasteiger partial charge in [0, 0.05) is 30.2 Å². The SMILES string of the molecule is O=C([C@@H]1Cc2ccccc2S1)N1CCC(Nc2cccnn2)CC1. The number of nitrogens with zero attached hydrogens (tertiary/aromatic N) is 3. The number of hydrogen-bond donors (Lipinski definition) is 1. The van der Waals surface area contributed by atoms with E-state index in [2.05, 4.69) is 33.7 Å². The van der Waals surface area contributed by atoms with Crippen LogP contribution >= 0.6 is 11.8 Å². The van der Waals surface area contributed by atoms with Gasteiger partial charge in [0.05, 0.1) is 5.25 Å². The van der Waals surface area contributed by atoms with Gasteiger partial charge in [-0.25, -0.2) is 0 Å². The second kappa shape index (κ2) is 6.81. The molecule has 24 heavy (non-hydrogen) atoms. The van der Waals surface area contributed by atoms with Crippen molar-refractivity contribution in [3.05, 3.63) is 48.2 Å². The summed E-state index contributed by atoms with van der Waals surface area (Å²) >= 11 is 1.72. The van der Waals surface area contributed by atoms with Gasteiger partial charge in [-0.15, -0.1) is 16.9 Å². The first-order valence-electron chi connectivity index (χ1n) is 8.37. The monoisotopic (exact) mass is 340 g/mol. The van der Waals surface area contributed by atoms with Crippen molar-refractivity contribution in [2.45, 2.75) is 35.4 Å². The van der Waals surface area contributed by atoms with Crippen LogP contribution in [0.4, 0.5) is 5.82 Å². The highest BCUT2D eigenvalue weighted by atomic mass is 32.2. The second-order valence-electron chi connectivity index (χ2n) is 6.27. The average molecular weight is 340 g/mol. The van der Waals surface area contributed by atoms with Crippen LogP contribution in [0.3, 0.4) is 0 Å². The summed E-state index contributed by atoms with van der Waals surface area (Å²) in [6, 6.07) is 12.5. The number of carbonyl (C=O) groups is 1. The Bertz CT molecular complexity index is 691. The molecule has 2 aliphatic heterocycles. The third-order valence-corrected chi connectivity index (χ3v) is 5.96. The summed E-state index contributed by atoms with van der Waals surface area (Å²) in [6.45, 7) is 1.62. The van der Waals surface area contributed by atoms with Gasteiger partial charge < -0.3 is 10.2 Å². The molecule has 0 saturated carbocycles. The zero-order valence-electron chi connectivity index (χ0n) is 13.4. The Labute approximate surface area is 145 Å². The first-order chi connectivity index (χ1) is 11.8. The predicted molar refractivity (Wildman–Crippen MR) is 95.0 cm³/mol. The van der Waals surface area contributed by atoms with Gasteiger partial charge in [0.15, 0.2) is 0 Å². The van der Waals surface area contributed by atoms with Crippen LogP contribution < -0.4 is 5.32 Å². The van der Waals surface area contributed by atoms with E-state index < -0.39 is 0 Å². The molecule has 0 unspecified atom stereocenters. The molecule has 1 fully saturated rings. The number of aromatic nitrogens is 2. The Morgan fingerprint density at radius 2 is 2.00 bits per heavy atom. The summed E-state index contributed by atoms with van der Waals surface area (Å²) in [5.41, 5.74) is 1.31. The van der Waals surface area contributed by atoms with E-state index >= 15 is 0 Å². The maximum Gasteiger partial charge on any atom is 0.236 e. The largest absolute Gasteiger partial charge is 0.366 e. The minimum atomic E-state index is 0.0481. The maximum absolute atomic E-state index is 12.8. The average Bonchev–Trinajstić information content (AvgIpc) is 3.07. The number of nitrogens with one attached hydrogen (secondary N) is 1. The van der Waals surface area contributed by atoms with Crippen LogP contribution in [0.2, 0.25) is 0 Å². The number of carbonyl (C=O) groups excluding carboxylic acids is 1. The lowest BCUT2D eigenvalue weighted by Crippen LogP contribution is -2.45. The van der Waals surface area contributed by atoms with Crippen molar-refractivity contribution in [2.75, 3.05) is 18.4 Å². The van der Waals surface area contributed by atoms with Gasteiger partial charge in [0.1, 0.15) is 5.82 Å². The van der Waals surface area contributed by atoms with Crippen LogP contribution in [0.1, 0.15) is 18.4 Å². The number of likely N-dealkylation sites (tertiary alicyclic amines) is 1. The minimum Gasteiger partial charge on any atom is -0.366 e. The molecule has 0 radical (unpaired) electrons. The molecule has 2 aromatic rings. The van der Waals surface area contributed by atoms with Crippen molar-refractivity contribution >= 4 is 23.5 Å². The van der Waals surface area contributed by atoms with Crippen molar-refractivity contribution in [2.24, 2.45) is 0 Å². The number of piperidine rings is 1. The normalized spacial score (nSPS) is 20.7. The van der Waals surface area contributed by atoms with E-state index in [-0.39, 0.29) is 11.2 Å². The van der Waals surface area contributed by atoms with E-state index in [1.165, 1.54) is 10.5 Å². The molecule has 0 aliphatic carbocycles. The summed E-state index contributed by atoms with van der Waals surface area (Å²) in [4.78, 5) is 16.1. The fourth-order valence-corrected chi connectivity index (χ4v) is 4.63. The Morgan fingerprint density at radius 3 is 2.75 bits per heavy atom. The molecule has 4 rings (SSSR count). The number of amides is 1. The molecule has 2 aliphatic rings. The Balaban J connectivity index is 1.31. The van der Waals surface area contributed by atoms with E-state index in [9.17, 15) is 4.79 Å². The lowest BCUT2D eigenvalue weighted by Gasteiger charge is -2.33. The quantitative estimate of drug-likeness (QED) is 0.931. The Kier molecular flexibility index (Phi) is 4.38. The zero-order chi connectivity index (χ0) is 16.4. The van der Waals surface area contributed by atoms with Crippen molar-refractivity contribution in [3.8, 4) is 0 Å². The summed E-state index contributed by atoms with van der Waals surface area (Å²) in [5, 5.41) is 11.4. The number of anilines is 1. The molecule has 1 N–H and O–H groups in total. The molecular formula is C18H20N4OS. The van der Waals surface area contributed by atoms with E-state index in [0.717, 1.165) is 38.2 Å². The standard InChI is InChI=1S/C18H20N4OS/c23-18(16-12-13-4-1-2-5-15(13)24-16)22-10-7-14(8-11-22)20-17-6-3-9-19-21-17/h1-6,9,14,16H,7-8,10-12H2,(H,20,21)/t16-/m0/s1. The number of rotatable bonds is 3. The lowest BCUT2D eigenvalue weighted by atomic mass is 10.0. The topological polar surface area (TPSA) is 58.1 Å². The highest BCUT2D eigenvalue weighted by Crippen LogP contribution is 2.37. The second-order valence-corrected chi connectivity index (χ2v) is 7.52. The smallest absolute Gasteiger partial charge is 0.236 e. The van der Waals surface area contributed by atoms with Crippen LogP contribution in [-0.2, 0) is 11.2 Å². The van der Waals surface area contributed by atoms with Crippen molar-refractivity contribution in [1.82, 2.24) is 15.1 Å². The van der Waals surface area contributed by atoms with Crippen LogP contribution in [0, 0.1) is 0 Å². The van der Waals surface area contributed by atoms with E-state index in [4.69, 9.17) is 0 Å². The summed E-state index contributed by atoms with van der Waals surface area (Å²) in [7, 11) is 0.